The molecule has 1 aliphatic rings. The van der Waals surface area contributed by atoms with Gasteiger partial charge in [-0.15, -0.1) is 0 Å². The number of hydrogen-bond acceptors (Lipinski definition) is 1. The van der Waals surface area contributed by atoms with Crippen molar-refractivity contribution in [2.24, 2.45) is 23.7 Å². The predicted molar refractivity (Wildman–Crippen MR) is 68.3 cm³/mol. The molecule has 1 nitrogen and oxygen atoms in total. The first-order chi connectivity index (χ1) is 7.82. The minimum atomic E-state index is -2.40. The third-order valence-electron chi connectivity index (χ3n) is 4.03. The van der Waals surface area contributed by atoms with Crippen molar-refractivity contribution in [1.82, 2.24) is 5.32 Å². The highest BCUT2D eigenvalue weighted by atomic mass is 19.3. The lowest BCUT2D eigenvalue weighted by molar-refractivity contribution is 0.00501. The molecule has 3 heteroatoms. The first-order valence-corrected chi connectivity index (χ1v) is 6.90. The second-order valence-corrected chi connectivity index (χ2v) is 6.27. The van der Waals surface area contributed by atoms with Gasteiger partial charge < -0.3 is 5.32 Å². The molecule has 0 amide bonds. The maximum atomic E-state index is 13.0. The number of hydrogen-bond donors (Lipinski definition) is 1. The zero-order valence-corrected chi connectivity index (χ0v) is 11.6. The molecule has 1 aliphatic carbocycles. The van der Waals surface area contributed by atoms with Crippen LogP contribution in [0.3, 0.4) is 0 Å². The summed E-state index contributed by atoms with van der Waals surface area (Å²) in [5.74, 6) is -0.302. The van der Waals surface area contributed by atoms with Crippen molar-refractivity contribution < 1.29 is 8.78 Å². The molecule has 1 unspecified atom stereocenters. The molecule has 0 aliphatic heterocycles. The van der Waals surface area contributed by atoms with Gasteiger partial charge in [-0.05, 0) is 43.2 Å². The highest BCUT2D eigenvalue weighted by Crippen LogP contribution is 2.38. The average molecular weight is 247 g/mol. The summed E-state index contributed by atoms with van der Waals surface area (Å²) in [6.07, 6.45) is 0.833. The van der Waals surface area contributed by atoms with Crippen LogP contribution in [0.2, 0.25) is 0 Å². The minimum Gasteiger partial charge on any atom is -0.316 e. The van der Waals surface area contributed by atoms with Gasteiger partial charge in [-0.1, -0.05) is 27.7 Å². The molecule has 1 saturated carbocycles. The molecule has 0 aromatic rings. The van der Waals surface area contributed by atoms with Gasteiger partial charge in [0.25, 0.3) is 0 Å². The molecule has 1 fully saturated rings. The fraction of sp³-hybridized carbons (Fsp3) is 1.00. The van der Waals surface area contributed by atoms with Crippen LogP contribution in [0.5, 0.6) is 0 Å². The number of nitrogens with one attached hydrogen (secondary N) is 1. The molecular weight excluding hydrogens is 220 g/mol. The number of rotatable bonds is 6. The lowest BCUT2D eigenvalue weighted by Gasteiger charge is -2.26. The summed E-state index contributed by atoms with van der Waals surface area (Å²) >= 11 is 0. The Bertz CT molecular complexity index is 218. The monoisotopic (exact) mass is 247 g/mol. The maximum Gasteiger partial charge on any atom is 0.248 e. The van der Waals surface area contributed by atoms with Gasteiger partial charge >= 0.3 is 0 Å². The van der Waals surface area contributed by atoms with Gasteiger partial charge in [0.15, 0.2) is 0 Å². The summed E-state index contributed by atoms with van der Waals surface area (Å²) < 4.78 is 26.0. The molecule has 1 atom stereocenters. The molecule has 0 spiro atoms. The molecule has 0 bridgehead atoms. The Kier molecular flexibility index (Phi) is 5.36. The van der Waals surface area contributed by atoms with Crippen LogP contribution in [0.4, 0.5) is 8.78 Å². The summed E-state index contributed by atoms with van der Waals surface area (Å²) in [5, 5.41) is 3.39. The van der Waals surface area contributed by atoms with Crippen LogP contribution in [0.1, 0.15) is 47.0 Å². The molecule has 17 heavy (non-hydrogen) atoms. The van der Waals surface area contributed by atoms with E-state index in [0.717, 1.165) is 13.1 Å². The standard InChI is InChI=1S/C14H27F2N/c1-10(2)13(11(3)4)9-17-8-12-5-6-14(15,16)7-12/h10-13,17H,5-9H2,1-4H3. The van der Waals surface area contributed by atoms with Gasteiger partial charge in [0.05, 0.1) is 0 Å². The number of halogens is 2. The van der Waals surface area contributed by atoms with E-state index in [9.17, 15) is 8.78 Å². The molecule has 0 saturated heterocycles. The zero-order chi connectivity index (χ0) is 13.1. The Hall–Kier alpha value is -0.180. The van der Waals surface area contributed by atoms with Crippen molar-refractivity contribution in [3.05, 3.63) is 0 Å². The highest BCUT2D eigenvalue weighted by molar-refractivity contribution is 4.82. The first-order valence-electron chi connectivity index (χ1n) is 6.90. The minimum absolute atomic E-state index is 0.0774. The molecule has 1 N–H and O–H groups in total. The largest absolute Gasteiger partial charge is 0.316 e. The topological polar surface area (TPSA) is 12.0 Å². The SMILES string of the molecule is CC(C)C(CNCC1CCC(F)(F)C1)C(C)C. The van der Waals surface area contributed by atoms with Crippen molar-refractivity contribution in [3.8, 4) is 0 Å². The van der Waals surface area contributed by atoms with E-state index < -0.39 is 5.92 Å². The Labute approximate surface area is 104 Å². The quantitative estimate of drug-likeness (QED) is 0.749. The second kappa shape index (κ2) is 6.12. The average Bonchev–Trinajstić information content (AvgIpc) is 2.51. The first kappa shape index (κ1) is 14.9. The fourth-order valence-electron chi connectivity index (χ4n) is 2.91. The summed E-state index contributed by atoms with van der Waals surface area (Å²) in [7, 11) is 0. The third kappa shape index (κ3) is 4.90. The van der Waals surface area contributed by atoms with E-state index in [-0.39, 0.29) is 18.8 Å². The van der Waals surface area contributed by atoms with Crippen LogP contribution in [0, 0.1) is 23.7 Å². The summed E-state index contributed by atoms with van der Waals surface area (Å²) in [5.41, 5.74) is 0. The van der Waals surface area contributed by atoms with E-state index in [4.69, 9.17) is 0 Å². The van der Waals surface area contributed by atoms with Crippen molar-refractivity contribution in [1.29, 1.82) is 0 Å². The van der Waals surface area contributed by atoms with Crippen LogP contribution in [0.15, 0.2) is 0 Å². The van der Waals surface area contributed by atoms with Gasteiger partial charge in [0, 0.05) is 12.8 Å². The number of alkyl halides is 2. The van der Waals surface area contributed by atoms with Gasteiger partial charge in [0.2, 0.25) is 5.92 Å². The highest BCUT2D eigenvalue weighted by Gasteiger charge is 2.39. The van der Waals surface area contributed by atoms with Gasteiger partial charge in [0.1, 0.15) is 0 Å². The van der Waals surface area contributed by atoms with Crippen molar-refractivity contribution in [3.63, 3.8) is 0 Å². The Morgan fingerprint density at radius 1 is 1.18 bits per heavy atom. The van der Waals surface area contributed by atoms with Crippen LogP contribution >= 0.6 is 0 Å². The van der Waals surface area contributed by atoms with Crippen LogP contribution < -0.4 is 5.32 Å². The van der Waals surface area contributed by atoms with E-state index in [1.807, 2.05) is 0 Å². The van der Waals surface area contributed by atoms with E-state index in [0.29, 0.717) is 24.2 Å². The van der Waals surface area contributed by atoms with Crippen molar-refractivity contribution >= 4 is 0 Å². The molecule has 0 aromatic carbocycles. The van der Waals surface area contributed by atoms with Crippen LogP contribution in [0.25, 0.3) is 0 Å². The van der Waals surface area contributed by atoms with Gasteiger partial charge in [-0.2, -0.15) is 0 Å². The van der Waals surface area contributed by atoms with Crippen LogP contribution in [-0.2, 0) is 0 Å². The smallest absolute Gasteiger partial charge is 0.248 e. The molecular formula is C14H27F2N. The molecule has 102 valence electrons. The maximum absolute atomic E-state index is 13.0. The fourth-order valence-corrected chi connectivity index (χ4v) is 2.91. The molecule has 0 radical (unpaired) electrons. The second-order valence-electron chi connectivity index (χ2n) is 6.27. The molecule has 0 heterocycles. The van der Waals surface area contributed by atoms with Crippen molar-refractivity contribution in [2.45, 2.75) is 52.9 Å². The summed E-state index contributed by atoms with van der Waals surface area (Å²) in [6.45, 7) is 10.6. The zero-order valence-electron chi connectivity index (χ0n) is 11.6. The van der Waals surface area contributed by atoms with Gasteiger partial charge in [-0.3, -0.25) is 0 Å². The lowest BCUT2D eigenvalue weighted by atomic mass is 9.85. The molecule has 1 rings (SSSR count). The van der Waals surface area contributed by atoms with E-state index in [1.165, 1.54) is 0 Å². The van der Waals surface area contributed by atoms with Gasteiger partial charge in [-0.25, -0.2) is 8.78 Å². The third-order valence-corrected chi connectivity index (χ3v) is 4.03. The normalized spacial score (nSPS) is 24.2. The van der Waals surface area contributed by atoms with Crippen LogP contribution in [-0.4, -0.2) is 19.0 Å². The predicted octanol–water partition coefficient (Wildman–Crippen LogP) is 3.94. The Morgan fingerprint density at radius 3 is 2.18 bits per heavy atom. The molecule has 0 aromatic heterocycles. The van der Waals surface area contributed by atoms with E-state index in [2.05, 4.69) is 33.0 Å². The lowest BCUT2D eigenvalue weighted by Crippen LogP contribution is -2.32. The van der Waals surface area contributed by atoms with E-state index in [1.54, 1.807) is 0 Å². The summed E-state index contributed by atoms with van der Waals surface area (Å²) in [4.78, 5) is 0. The Balaban J connectivity index is 2.23. The van der Waals surface area contributed by atoms with Crippen molar-refractivity contribution in [2.75, 3.05) is 13.1 Å². The Morgan fingerprint density at radius 2 is 1.76 bits per heavy atom. The van der Waals surface area contributed by atoms with E-state index >= 15 is 0 Å². The summed E-state index contributed by atoms with van der Waals surface area (Å²) in [6, 6.07) is 0.